The van der Waals surface area contributed by atoms with E-state index >= 15 is 0 Å². The van der Waals surface area contributed by atoms with Gasteiger partial charge in [0.05, 0.1) is 11.2 Å². The molecule has 36 heavy (non-hydrogen) atoms. The van der Waals surface area contributed by atoms with E-state index in [1.807, 2.05) is 32.0 Å². The van der Waals surface area contributed by atoms with Crippen LogP contribution in [-0.2, 0) is 15.1 Å². The molecule has 0 amide bonds. The zero-order valence-corrected chi connectivity index (χ0v) is 20.0. The predicted octanol–water partition coefficient (Wildman–Crippen LogP) is 5.58. The second-order valence-electron chi connectivity index (χ2n) is 6.06. The van der Waals surface area contributed by atoms with Gasteiger partial charge in [0.2, 0.25) is 0 Å². The molecule has 0 radical (unpaired) electrons. The Labute approximate surface area is 211 Å². The van der Waals surface area contributed by atoms with Crippen molar-refractivity contribution in [2.24, 2.45) is 5.73 Å². The zero-order valence-electron chi connectivity index (χ0n) is 18.5. The molecule has 0 atom stereocenters. The largest absolute Gasteiger partial charge is 0.490 e. The maximum atomic E-state index is 10.6. The quantitative estimate of drug-likeness (QED) is 0.300. The third-order valence-corrected chi connectivity index (χ3v) is 3.75. The Hall–Kier alpha value is -3.15. The van der Waals surface area contributed by atoms with E-state index in [9.17, 15) is 26.3 Å². The number of carboxylic acid groups (broad SMARTS) is 2. The fourth-order valence-corrected chi connectivity index (χ4v) is 1.87. The summed E-state index contributed by atoms with van der Waals surface area (Å²) in [5.41, 5.74) is 7.02. The van der Waals surface area contributed by atoms with Gasteiger partial charge >= 0.3 is 24.3 Å². The number of hydrogen-bond donors (Lipinski definition) is 3. The summed E-state index contributed by atoms with van der Waals surface area (Å²) in [5.74, 6) is -5.51. The minimum Gasteiger partial charge on any atom is -0.475 e. The summed E-state index contributed by atoms with van der Waals surface area (Å²) in [6.45, 7) is 4.00. The van der Waals surface area contributed by atoms with Crippen LogP contribution in [0.25, 0.3) is 0 Å². The van der Waals surface area contributed by atoms with Crippen molar-refractivity contribution in [3.05, 3.63) is 58.1 Å². The Balaban J connectivity index is 0. The van der Waals surface area contributed by atoms with E-state index in [2.05, 4.69) is 9.97 Å². The van der Waals surface area contributed by atoms with Crippen LogP contribution < -0.4 is 5.73 Å². The van der Waals surface area contributed by atoms with E-state index in [-0.39, 0.29) is 5.54 Å². The normalized spacial score (nSPS) is 12.7. The fourth-order valence-electron chi connectivity index (χ4n) is 1.55. The van der Waals surface area contributed by atoms with Crippen LogP contribution in [0.2, 0.25) is 10.3 Å². The van der Waals surface area contributed by atoms with Gasteiger partial charge in [0.25, 0.3) is 0 Å². The molecule has 1 aliphatic rings. The van der Waals surface area contributed by atoms with Crippen molar-refractivity contribution in [1.82, 2.24) is 9.97 Å². The van der Waals surface area contributed by atoms with Crippen LogP contribution >= 0.6 is 23.2 Å². The first-order valence-electron chi connectivity index (χ1n) is 9.47. The summed E-state index contributed by atoms with van der Waals surface area (Å²) in [6, 6.07) is 12.4. The van der Waals surface area contributed by atoms with E-state index in [1.54, 1.807) is 24.3 Å². The van der Waals surface area contributed by atoms with Gasteiger partial charge in [-0.15, -0.1) is 0 Å². The zero-order chi connectivity index (χ0) is 28.7. The van der Waals surface area contributed by atoms with Gasteiger partial charge in [0.1, 0.15) is 22.1 Å². The molecule has 3 rings (SSSR count). The number of nitrogens with two attached hydrogens (primary N) is 1. The van der Waals surface area contributed by atoms with E-state index in [4.69, 9.17) is 54.0 Å². The lowest BCUT2D eigenvalue weighted by Crippen LogP contribution is -2.21. The van der Waals surface area contributed by atoms with Crippen LogP contribution in [0.15, 0.2) is 36.4 Å². The standard InChI is InChI=1S/C8H9ClN2.C6H3ClN2.2C2HF3O2.C2H6/c9-7-3-1-2-6(11-7)8(10)4-5-8;7-6-3-1-2-5(4-8)9-6;2*3-2(4,5)1(6)7;1-2/h1-3H,4-5,10H2;1-3H;2*(H,6,7);1-2H3. The van der Waals surface area contributed by atoms with Crippen LogP contribution in [0, 0.1) is 11.3 Å². The van der Waals surface area contributed by atoms with Crippen molar-refractivity contribution >= 4 is 35.1 Å². The van der Waals surface area contributed by atoms with Gasteiger partial charge in [-0.05, 0) is 37.1 Å². The van der Waals surface area contributed by atoms with Crippen molar-refractivity contribution in [1.29, 1.82) is 5.26 Å². The molecule has 0 aliphatic heterocycles. The summed E-state index contributed by atoms with van der Waals surface area (Å²) >= 11 is 11.2. The molecule has 8 nitrogen and oxygen atoms in total. The lowest BCUT2D eigenvalue weighted by molar-refractivity contribution is -0.193. The topological polar surface area (TPSA) is 150 Å². The minimum absolute atomic E-state index is 0.162. The Morgan fingerprint density at radius 1 is 0.917 bits per heavy atom. The lowest BCUT2D eigenvalue weighted by Gasteiger charge is -2.06. The Kier molecular flexibility index (Phi) is 15.3. The van der Waals surface area contributed by atoms with Crippen molar-refractivity contribution in [2.45, 2.75) is 44.6 Å². The summed E-state index contributed by atoms with van der Waals surface area (Å²) in [5, 5.41) is 23.4. The number of pyridine rings is 2. The highest BCUT2D eigenvalue weighted by Gasteiger charge is 2.41. The lowest BCUT2D eigenvalue weighted by atomic mass is 10.2. The molecule has 2 aromatic heterocycles. The molecule has 0 aromatic carbocycles. The first kappa shape index (κ1) is 35.0. The molecule has 0 bridgehead atoms. The smallest absolute Gasteiger partial charge is 0.475 e. The van der Waals surface area contributed by atoms with Gasteiger partial charge in [-0.2, -0.15) is 31.6 Å². The fraction of sp³-hybridized carbons (Fsp3) is 0.350. The highest BCUT2D eigenvalue weighted by Crippen LogP contribution is 2.41. The van der Waals surface area contributed by atoms with E-state index < -0.39 is 24.3 Å². The summed E-state index contributed by atoms with van der Waals surface area (Å²) in [6.07, 6.45) is -8.11. The van der Waals surface area contributed by atoms with Crippen LogP contribution in [0.3, 0.4) is 0 Å². The molecular formula is C20H20Cl2F6N4O4. The molecule has 16 heteroatoms. The van der Waals surface area contributed by atoms with Gasteiger partial charge < -0.3 is 15.9 Å². The third-order valence-electron chi connectivity index (χ3n) is 3.33. The molecule has 200 valence electrons. The average molecular weight is 565 g/mol. The molecule has 1 aliphatic carbocycles. The maximum Gasteiger partial charge on any atom is 0.490 e. The van der Waals surface area contributed by atoms with Crippen molar-refractivity contribution in [2.75, 3.05) is 0 Å². The first-order valence-corrected chi connectivity index (χ1v) is 10.2. The number of alkyl halides is 6. The third kappa shape index (κ3) is 15.7. The number of aliphatic carboxylic acids is 2. The highest BCUT2D eigenvalue weighted by atomic mass is 35.5. The molecule has 2 aromatic rings. The number of rotatable bonds is 1. The summed E-state index contributed by atoms with van der Waals surface area (Å²) in [7, 11) is 0. The Morgan fingerprint density at radius 2 is 1.28 bits per heavy atom. The number of carboxylic acids is 2. The van der Waals surface area contributed by atoms with Crippen LogP contribution in [0.1, 0.15) is 38.1 Å². The predicted molar refractivity (Wildman–Crippen MR) is 117 cm³/mol. The SMILES string of the molecule is CC.N#Cc1cccc(Cl)n1.NC1(c2cccc(Cl)n2)CC1.O=C(O)C(F)(F)F.O=C(O)C(F)(F)F. The van der Waals surface area contributed by atoms with Crippen LogP contribution in [0.4, 0.5) is 26.3 Å². The molecule has 0 saturated heterocycles. The summed E-state index contributed by atoms with van der Waals surface area (Å²) in [4.78, 5) is 25.6. The Morgan fingerprint density at radius 3 is 1.53 bits per heavy atom. The first-order chi connectivity index (χ1) is 16.4. The van der Waals surface area contributed by atoms with Gasteiger partial charge in [0, 0.05) is 0 Å². The molecular weight excluding hydrogens is 545 g/mol. The number of carbonyl (C=O) groups is 2. The maximum absolute atomic E-state index is 10.6. The van der Waals surface area contributed by atoms with Crippen molar-refractivity contribution in [3.8, 4) is 6.07 Å². The molecule has 1 saturated carbocycles. The number of nitriles is 1. The number of hydrogen-bond acceptors (Lipinski definition) is 6. The second kappa shape index (κ2) is 15.8. The van der Waals surface area contributed by atoms with Crippen LogP contribution in [-0.4, -0.2) is 44.5 Å². The number of aromatic nitrogens is 2. The van der Waals surface area contributed by atoms with E-state index in [1.165, 1.54) is 0 Å². The highest BCUT2D eigenvalue weighted by molar-refractivity contribution is 6.29. The van der Waals surface area contributed by atoms with Gasteiger partial charge in [-0.1, -0.05) is 49.2 Å². The van der Waals surface area contributed by atoms with Gasteiger partial charge in [-0.3, -0.25) is 0 Å². The molecule has 2 heterocycles. The Bertz CT molecular complexity index is 1000. The number of nitrogens with zero attached hydrogens (tertiary/aromatic N) is 3. The number of halogens is 8. The molecule has 4 N–H and O–H groups in total. The second-order valence-corrected chi connectivity index (χ2v) is 6.84. The molecule has 0 unspecified atom stereocenters. The van der Waals surface area contributed by atoms with Crippen molar-refractivity contribution in [3.63, 3.8) is 0 Å². The van der Waals surface area contributed by atoms with Crippen molar-refractivity contribution < 1.29 is 46.1 Å². The average Bonchev–Trinajstić information content (AvgIpc) is 3.54. The van der Waals surface area contributed by atoms with Gasteiger partial charge in [0.15, 0.2) is 0 Å². The minimum atomic E-state index is -5.08. The van der Waals surface area contributed by atoms with E-state index in [0.717, 1.165) is 18.5 Å². The van der Waals surface area contributed by atoms with E-state index in [0.29, 0.717) is 16.0 Å². The summed E-state index contributed by atoms with van der Waals surface area (Å²) < 4.78 is 63.5. The van der Waals surface area contributed by atoms with Crippen LogP contribution in [0.5, 0.6) is 0 Å². The molecule has 1 fully saturated rings. The monoisotopic (exact) mass is 564 g/mol. The molecule has 0 spiro atoms. The van der Waals surface area contributed by atoms with Gasteiger partial charge in [-0.25, -0.2) is 19.6 Å².